The van der Waals surface area contributed by atoms with E-state index in [1.165, 1.54) is 24.2 Å². The van der Waals surface area contributed by atoms with E-state index < -0.39 is 0 Å². The first-order valence-electron chi connectivity index (χ1n) is 7.58. The molecule has 2 amide bonds. The highest BCUT2D eigenvalue weighted by Gasteiger charge is 2.20. The predicted octanol–water partition coefficient (Wildman–Crippen LogP) is 1.36. The van der Waals surface area contributed by atoms with Gasteiger partial charge in [0.1, 0.15) is 5.69 Å². The van der Waals surface area contributed by atoms with Gasteiger partial charge in [0.05, 0.1) is 6.20 Å². The number of carbonyl (C=O) groups excluding carboxylic acids is 2. The first kappa shape index (κ1) is 15.1. The molecule has 0 saturated heterocycles. The van der Waals surface area contributed by atoms with Crippen molar-refractivity contribution < 1.29 is 9.59 Å². The molecule has 0 radical (unpaired) electrons. The summed E-state index contributed by atoms with van der Waals surface area (Å²) in [6.07, 6.45) is 6.54. The highest BCUT2D eigenvalue weighted by Crippen LogP contribution is 2.27. The Hall–Kier alpha value is -2.76. The van der Waals surface area contributed by atoms with Gasteiger partial charge in [0.25, 0.3) is 5.91 Å². The fourth-order valence-corrected chi connectivity index (χ4v) is 2.69. The summed E-state index contributed by atoms with van der Waals surface area (Å²) in [5.74, 6) is -0.0668. The molecule has 118 valence electrons. The van der Waals surface area contributed by atoms with E-state index in [2.05, 4.69) is 21.4 Å². The van der Waals surface area contributed by atoms with Gasteiger partial charge in [-0.15, -0.1) is 0 Å². The molecule has 0 atom stereocenters. The molecule has 0 fully saturated rings. The highest BCUT2D eigenvalue weighted by molar-refractivity contribution is 5.95. The number of aryl methyl sites for hydroxylation is 1. The fraction of sp³-hybridized carbons (Fsp3) is 0.294. The van der Waals surface area contributed by atoms with Gasteiger partial charge in [0.15, 0.2) is 0 Å². The number of nitrogens with zero attached hydrogens (tertiary/aromatic N) is 3. The van der Waals surface area contributed by atoms with Gasteiger partial charge in [-0.3, -0.25) is 14.6 Å². The zero-order chi connectivity index (χ0) is 16.2. The maximum atomic E-state index is 11.9. The number of hydrogen-bond donors (Lipinski definition) is 1. The molecule has 1 aromatic heterocycles. The second-order valence-electron chi connectivity index (χ2n) is 5.51. The normalized spacial score (nSPS) is 13.6. The van der Waals surface area contributed by atoms with Crippen LogP contribution < -0.4 is 10.2 Å². The summed E-state index contributed by atoms with van der Waals surface area (Å²) in [4.78, 5) is 33.1. The Morgan fingerprint density at radius 1 is 1.30 bits per heavy atom. The van der Waals surface area contributed by atoms with Crippen LogP contribution in [0.4, 0.5) is 5.69 Å². The minimum atomic E-state index is -0.221. The quantitative estimate of drug-likeness (QED) is 0.925. The van der Waals surface area contributed by atoms with Gasteiger partial charge in [-0.1, -0.05) is 12.1 Å². The fourth-order valence-electron chi connectivity index (χ4n) is 2.69. The lowest BCUT2D eigenvalue weighted by atomic mass is 9.98. The van der Waals surface area contributed by atoms with Crippen LogP contribution in [0, 0.1) is 0 Å². The average molecular weight is 310 g/mol. The lowest BCUT2D eigenvalue weighted by Gasteiger charge is -2.26. The van der Waals surface area contributed by atoms with Crippen molar-refractivity contribution in [1.29, 1.82) is 0 Å². The first-order valence-corrected chi connectivity index (χ1v) is 7.58. The van der Waals surface area contributed by atoms with Crippen LogP contribution in [0.5, 0.6) is 0 Å². The van der Waals surface area contributed by atoms with E-state index in [-0.39, 0.29) is 11.8 Å². The average Bonchev–Trinajstić information content (AvgIpc) is 2.59. The Morgan fingerprint density at radius 2 is 2.17 bits per heavy atom. The van der Waals surface area contributed by atoms with Gasteiger partial charge in [-0.05, 0) is 30.0 Å². The first-order chi connectivity index (χ1) is 11.1. The molecular formula is C17H18N4O2. The number of anilines is 1. The van der Waals surface area contributed by atoms with Gasteiger partial charge in [-0.25, -0.2) is 4.98 Å². The van der Waals surface area contributed by atoms with Crippen LogP contribution in [0.1, 0.15) is 28.0 Å². The smallest absolute Gasteiger partial charge is 0.271 e. The van der Waals surface area contributed by atoms with Crippen LogP contribution in [-0.2, 0) is 17.6 Å². The Balaban J connectivity index is 1.59. The van der Waals surface area contributed by atoms with E-state index in [4.69, 9.17) is 0 Å². The molecule has 2 aromatic rings. The minimum absolute atomic E-state index is 0.154. The molecule has 0 bridgehead atoms. The van der Waals surface area contributed by atoms with Crippen LogP contribution >= 0.6 is 0 Å². The van der Waals surface area contributed by atoms with E-state index in [0.29, 0.717) is 18.7 Å². The Bertz CT molecular complexity index is 731. The predicted molar refractivity (Wildman–Crippen MR) is 86.2 cm³/mol. The molecule has 1 aliphatic heterocycles. The standard InChI is InChI=1S/C17H18N4O2/c1-21-15-4-2-12(10-13(15)3-5-16(21)22)6-7-20-17(23)14-11-18-8-9-19-14/h2,4,8-11H,3,5-7H2,1H3,(H,20,23). The monoisotopic (exact) mass is 310 g/mol. The number of rotatable bonds is 4. The summed E-state index contributed by atoms with van der Waals surface area (Å²) >= 11 is 0. The third-order valence-electron chi connectivity index (χ3n) is 3.98. The van der Waals surface area contributed by atoms with Crippen LogP contribution in [0.2, 0.25) is 0 Å². The van der Waals surface area contributed by atoms with Crippen LogP contribution in [0.25, 0.3) is 0 Å². The van der Waals surface area contributed by atoms with Crippen LogP contribution in [0.15, 0.2) is 36.8 Å². The molecule has 0 aliphatic carbocycles. The zero-order valence-corrected chi connectivity index (χ0v) is 13.0. The van der Waals surface area contributed by atoms with Crippen molar-refractivity contribution in [1.82, 2.24) is 15.3 Å². The van der Waals surface area contributed by atoms with Crippen molar-refractivity contribution in [3.63, 3.8) is 0 Å². The number of benzene rings is 1. The third kappa shape index (κ3) is 3.36. The molecule has 6 heteroatoms. The molecule has 0 unspecified atom stereocenters. The molecule has 3 rings (SSSR count). The van der Waals surface area contributed by atoms with Gasteiger partial charge < -0.3 is 10.2 Å². The number of carbonyl (C=O) groups is 2. The van der Waals surface area contributed by atoms with Gasteiger partial charge in [0.2, 0.25) is 5.91 Å². The van der Waals surface area contributed by atoms with Crippen LogP contribution in [0.3, 0.4) is 0 Å². The van der Waals surface area contributed by atoms with E-state index in [1.807, 2.05) is 12.1 Å². The maximum Gasteiger partial charge on any atom is 0.271 e. The van der Waals surface area contributed by atoms with E-state index >= 15 is 0 Å². The Kier molecular flexibility index (Phi) is 4.32. The van der Waals surface area contributed by atoms with Gasteiger partial charge in [0, 0.05) is 38.1 Å². The molecule has 1 aliphatic rings. The summed E-state index contributed by atoms with van der Waals surface area (Å²) in [5.41, 5.74) is 3.63. The minimum Gasteiger partial charge on any atom is -0.350 e. The van der Waals surface area contributed by atoms with Gasteiger partial charge >= 0.3 is 0 Å². The largest absolute Gasteiger partial charge is 0.350 e. The van der Waals surface area contributed by atoms with Crippen molar-refractivity contribution >= 4 is 17.5 Å². The number of hydrogen-bond acceptors (Lipinski definition) is 4. The summed E-state index contributed by atoms with van der Waals surface area (Å²) < 4.78 is 0. The maximum absolute atomic E-state index is 11.9. The lowest BCUT2D eigenvalue weighted by molar-refractivity contribution is -0.118. The third-order valence-corrected chi connectivity index (χ3v) is 3.98. The molecule has 6 nitrogen and oxygen atoms in total. The number of nitrogens with one attached hydrogen (secondary N) is 1. The van der Waals surface area contributed by atoms with Crippen molar-refractivity contribution in [2.75, 3.05) is 18.5 Å². The number of fused-ring (bicyclic) bond motifs is 1. The van der Waals surface area contributed by atoms with Crippen molar-refractivity contribution in [2.24, 2.45) is 0 Å². The molecule has 23 heavy (non-hydrogen) atoms. The van der Waals surface area contributed by atoms with Crippen molar-refractivity contribution in [2.45, 2.75) is 19.3 Å². The van der Waals surface area contributed by atoms with E-state index in [0.717, 1.165) is 24.1 Å². The second-order valence-corrected chi connectivity index (χ2v) is 5.51. The SMILES string of the molecule is CN1C(=O)CCc2cc(CCNC(=O)c3cnccn3)ccc21. The number of amides is 2. The number of aromatic nitrogens is 2. The molecule has 2 heterocycles. The zero-order valence-electron chi connectivity index (χ0n) is 13.0. The van der Waals surface area contributed by atoms with E-state index in [1.54, 1.807) is 11.9 Å². The molecule has 1 N–H and O–H groups in total. The second kappa shape index (κ2) is 6.56. The Labute approximate surface area is 134 Å². The summed E-state index contributed by atoms with van der Waals surface area (Å²) in [6, 6.07) is 6.10. The highest BCUT2D eigenvalue weighted by atomic mass is 16.2. The summed E-state index contributed by atoms with van der Waals surface area (Å²) in [6.45, 7) is 0.531. The molecule has 1 aromatic carbocycles. The molecule has 0 spiro atoms. The summed E-state index contributed by atoms with van der Waals surface area (Å²) in [7, 11) is 1.81. The van der Waals surface area contributed by atoms with Crippen molar-refractivity contribution in [3.05, 3.63) is 53.6 Å². The van der Waals surface area contributed by atoms with Crippen LogP contribution in [-0.4, -0.2) is 35.4 Å². The van der Waals surface area contributed by atoms with E-state index in [9.17, 15) is 9.59 Å². The molecule has 0 saturated carbocycles. The summed E-state index contributed by atoms with van der Waals surface area (Å²) in [5, 5.41) is 2.84. The van der Waals surface area contributed by atoms with Crippen molar-refractivity contribution in [3.8, 4) is 0 Å². The van der Waals surface area contributed by atoms with Gasteiger partial charge in [-0.2, -0.15) is 0 Å². The lowest BCUT2D eigenvalue weighted by Crippen LogP contribution is -2.31. The topological polar surface area (TPSA) is 75.2 Å². The Morgan fingerprint density at radius 3 is 2.96 bits per heavy atom. The molecular weight excluding hydrogens is 292 g/mol.